The zero-order chi connectivity index (χ0) is 16.1. The van der Waals surface area contributed by atoms with E-state index in [9.17, 15) is 18.0 Å². The maximum atomic E-state index is 12.8. The molecule has 22 heavy (non-hydrogen) atoms. The number of carbonyl (C=O) groups is 2. The number of piperidine rings is 1. The highest BCUT2D eigenvalue weighted by Gasteiger charge is 2.66. The van der Waals surface area contributed by atoms with E-state index in [-0.39, 0.29) is 11.1 Å². The Morgan fingerprint density at radius 1 is 1.32 bits per heavy atom. The predicted octanol–water partition coefficient (Wildman–Crippen LogP) is -1.000. The van der Waals surface area contributed by atoms with Gasteiger partial charge in [0.05, 0.1) is 0 Å². The van der Waals surface area contributed by atoms with Crippen LogP contribution in [0.4, 0.5) is 4.79 Å². The lowest BCUT2D eigenvalue weighted by Gasteiger charge is -2.43. The summed E-state index contributed by atoms with van der Waals surface area (Å²) in [6, 6.07) is -1.91. The number of primary amides is 1. The van der Waals surface area contributed by atoms with E-state index in [1.165, 1.54) is 0 Å². The summed E-state index contributed by atoms with van der Waals surface area (Å²) in [5, 5.41) is 2.55. The minimum Gasteiger partial charge on any atom is -0.364 e. The van der Waals surface area contributed by atoms with Crippen LogP contribution in [0.5, 0.6) is 0 Å². The SMILES string of the molecule is NC(=O)[C@@H]1CC[C@@H]2C[N+]1(N1CCCC1)C(=O)N2OS(=O)(=O)O. The summed E-state index contributed by atoms with van der Waals surface area (Å²) in [5.41, 5.74) is 5.48. The zero-order valence-corrected chi connectivity index (χ0v) is 12.7. The molecule has 0 aromatic carbocycles. The van der Waals surface area contributed by atoms with Crippen LogP contribution in [0.3, 0.4) is 0 Å². The second kappa shape index (κ2) is 5.13. The van der Waals surface area contributed by atoms with Crippen LogP contribution in [-0.2, 0) is 19.5 Å². The van der Waals surface area contributed by atoms with Crippen molar-refractivity contribution >= 4 is 22.3 Å². The molecule has 0 aromatic rings. The minimum atomic E-state index is -4.81. The van der Waals surface area contributed by atoms with Crippen LogP contribution in [0.25, 0.3) is 0 Å². The zero-order valence-electron chi connectivity index (χ0n) is 11.9. The highest BCUT2D eigenvalue weighted by atomic mass is 32.3. The van der Waals surface area contributed by atoms with Gasteiger partial charge < -0.3 is 5.73 Å². The quantitative estimate of drug-likeness (QED) is 0.498. The van der Waals surface area contributed by atoms with Crippen LogP contribution in [0, 0.1) is 0 Å². The average Bonchev–Trinajstić information content (AvgIpc) is 3.01. The molecule has 2 bridgehead atoms. The molecule has 0 spiro atoms. The first kappa shape index (κ1) is 15.6. The van der Waals surface area contributed by atoms with Gasteiger partial charge in [-0.25, -0.2) is 4.79 Å². The molecule has 3 heterocycles. The number of urea groups is 1. The molecule has 3 saturated heterocycles. The molecule has 0 radical (unpaired) electrons. The molecule has 10 nitrogen and oxygen atoms in total. The van der Waals surface area contributed by atoms with Gasteiger partial charge in [-0.3, -0.25) is 9.35 Å². The van der Waals surface area contributed by atoms with Crippen LogP contribution in [0.1, 0.15) is 25.7 Å². The summed E-state index contributed by atoms with van der Waals surface area (Å²) >= 11 is 0. The Balaban J connectivity index is 2.00. The van der Waals surface area contributed by atoms with Gasteiger partial charge in [-0.15, -0.1) is 18.9 Å². The first-order valence-corrected chi connectivity index (χ1v) is 8.55. The van der Waals surface area contributed by atoms with Crippen LogP contribution in [0.2, 0.25) is 0 Å². The number of hydroxylamine groups is 2. The van der Waals surface area contributed by atoms with E-state index in [1.807, 2.05) is 5.01 Å². The van der Waals surface area contributed by atoms with Crippen molar-refractivity contribution in [1.82, 2.24) is 10.1 Å². The normalized spacial score (nSPS) is 36.0. The highest BCUT2D eigenvalue weighted by Crippen LogP contribution is 2.40. The molecule has 11 heteroatoms. The number of quaternary nitrogens is 1. The maximum absolute atomic E-state index is 12.8. The van der Waals surface area contributed by atoms with E-state index >= 15 is 0 Å². The van der Waals surface area contributed by atoms with Gasteiger partial charge >= 0.3 is 16.4 Å². The largest absolute Gasteiger partial charge is 0.464 e. The average molecular weight is 335 g/mol. The van der Waals surface area contributed by atoms with E-state index in [2.05, 4.69) is 4.28 Å². The third-order valence-corrected chi connectivity index (χ3v) is 5.07. The summed E-state index contributed by atoms with van der Waals surface area (Å²) < 4.78 is 35.0. The lowest BCUT2D eigenvalue weighted by Crippen LogP contribution is -2.70. The van der Waals surface area contributed by atoms with Gasteiger partial charge in [-0.2, -0.15) is 8.42 Å². The van der Waals surface area contributed by atoms with Crippen molar-refractivity contribution in [2.45, 2.75) is 37.8 Å². The monoisotopic (exact) mass is 335 g/mol. The molecule has 3 aliphatic rings. The lowest BCUT2D eigenvalue weighted by molar-refractivity contribution is -0.975. The summed E-state index contributed by atoms with van der Waals surface area (Å²) in [6.07, 6.45) is 2.54. The number of hydrogen-bond donors (Lipinski definition) is 2. The van der Waals surface area contributed by atoms with Gasteiger partial charge in [0.2, 0.25) is 0 Å². The van der Waals surface area contributed by atoms with Gasteiger partial charge in [-0.1, -0.05) is 0 Å². The molecular formula is C11H19N4O6S+. The third kappa shape index (κ3) is 2.29. The second-order valence-electron chi connectivity index (χ2n) is 5.93. The van der Waals surface area contributed by atoms with Crippen LogP contribution >= 0.6 is 0 Å². The molecule has 3 amide bonds. The minimum absolute atomic E-state index is 0.224. The van der Waals surface area contributed by atoms with E-state index in [1.54, 1.807) is 0 Å². The molecule has 1 unspecified atom stereocenters. The first-order valence-electron chi connectivity index (χ1n) is 7.19. The molecule has 3 atom stereocenters. The van der Waals surface area contributed by atoms with Gasteiger partial charge in [0.25, 0.3) is 5.91 Å². The lowest BCUT2D eigenvalue weighted by atomic mass is 9.99. The van der Waals surface area contributed by atoms with Crippen molar-refractivity contribution in [3.05, 3.63) is 0 Å². The number of amides is 3. The maximum Gasteiger partial charge on any atom is 0.464 e. The number of hydrogen-bond acceptors (Lipinski definition) is 6. The van der Waals surface area contributed by atoms with Crippen LogP contribution in [-0.4, -0.2) is 71.3 Å². The number of nitrogens with zero attached hydrogens (tertiary/aromatic N) is 3. The van der Waals surface area contributed by atoms with Crippen molar-refractivity contribution in [1.29, 1.82) is 0 Å². The molecule has 124 valence electrons. The Morgan fingerprint density at radius 3 is 2.50 bits per heavy atom. The molecule has 0 aromatic heterocycles. The fourth-order valence-electron chi connectivity index (χ4n) is 3.87. The molecular weight excluding hydrogens is 316 g/mol. The van der Waals surface area contributed by atoms with Crippen LogP contribution in [0.15, 0.2) is 0 Å². The molecule has 3 fully saturated rings. The van der Waals surface area contributed by atoms with Crippen molar-refractivity contribution in [2.75, 3.05) is 19.6 Å². The van der Waals surface area contributed by atoms with Gasteiger partial charge in [0, 0.05) is 19.5 Å². The molecule has 0 aliphatic carbocycles. The highest BCUT2D eigenvalue weighted by molar-refractivity contribution is 7.80. The van der Waals surface area contributed by atoms with Gasteiger partial charge in [-0.05, 0) is 19.3 Å². The number of carbonyl (C=O) groups excluding carboxylic acids is 2. The second-order valence-corrected chi connectivity index (χ2v) is 6.93. The number of nitrogens with two attached hydrogens (primary N) is 1. The Bertz CT molecular complexity index is 604. The summed E-state index contributed by atoms with van der Waals surface area (Å²) in [5.74, 6) is -0.590. The standard InChI is InChI=1S/C11H18N4O6S/c12-10(16)9-4-3-8-7-15(9,13-5-1-2-6-13)11(17)14(8)21-22(18,19)20/h8-9H,1-7H2,(H2-,12,16,18,19,20)/p+1/t8-,9+,15?/m1/s1. The smallest absolute Gasteiger partial charge is 0.364 e. The third-order valence-electron chi connectivity index (χ3n) is 4.72. The molecule has 3 N–H and O–H groups in total. The van der Waals surface area contributed by atoms with Crippen molar-refractivity contribution in [3.63, 3.8) is 0 Å². The Labute approximate surface area is 127 Å². The van der Waals surface area contributed by atoms with E-state index in [4.69, 9.17) is 10.3 Å². The number of fused-ring (bicyclic) bond motifs is 2. The van der Waals surface area contributed by atoms with Gasteiger partial charge in [0.1, 0.15) is 12.6 Å². The summed E-state index contributed by atoms with van der Waals surface area (Å²) in [6.45, 7) is 1.48. The Morgan fingerprint density at radius 2 is 1.95 bits per heavy atom. The van der Waals surface area contributed by atoms with E-state index < -0.39 is 34.4 Å². The fraction of sp³-hybridized carbons (Fsp3) is 0.818. The van der Waals surface area contributed by atoms with Crippen LogP contribution < -0.4 is 5.73 Å². The topological polar surface area (TPSA) is 130 Å². The fourth-order valence-corrected chi connectivity index (χ4v) is 4.26. The van der Waals surface area contributed by atoms with E-state index in [0.29, 0.717) is 31.0 Å². The predicted molar refractivity (Wildman–Crippen MR) is 71.8 cm³/mol. The Hall–Kier alpha value is -1.27. The van der Waals surface area contributed by atoms with Crippen molar-refractivity contribution < 1.29 is 31.4 Å². The summed E-state index contributed by atoms with van der Waals surface area (Å²) in [7, 11) is -4.81. The first-order chi connectivity index (χ1) is 10.3. The van der Waals surface area contributed by atoms with Gasteiger partial charge in [0.15, 0.2) is 6.04 Å². The number of rotatable bonds is 4. The summed E-state index contributed by atoms with van der Waals surface area (Å²) in [4.78, 5) is 24.7. The molecule has 0 saturated carbocycles. The molecule has 3 rings (SSSR count). The van der Waals surface area contributed by atoms with Crippen molar-refractivity contribution in [3.8, 4) is 0 Å². The van der Waals surface area contributed by atoms with Crippen molar-refractivity contribution in [2.24, 2.45) is 5.73 Å². The van der Waals surface area contributed by atoms with E-state index in [0.717, 1.165) is 12.8 Å². The molecule has 3 aliphatic heterocycles. The Kier molecular flexibility index (Phi) is 3.64.